The van der Waals surface area contributed by atoms with Crippen LogP contribution < -0.4 is 0 Å². The van der Waals surface area contributed by atoms with Crippen LogP contribution in [0.15, 0.2) is 77.3 Å². The summed E-state index contributed by atoms with van der Waals surface area (Å²) in [6.45, 7) is 6.25. The summed E-state index contributed by atoms with van der Waals surface area (Å²) >= 11 is 0. The summed E-state index contributed by atoms with van der Waals surface area (Å²) in [7, 11) is 0. The minimum absolute atomic E-state index is 0.108. The normalized spacial score (nSPS) is 12.4. The SMILES string of the molecule is CC(C)(C)c1cnc2nc(-c3ccc4c(c3)oc3ccc5ccccc5c34)cc(F)c2c1. The van der Waals surface area contributed by atoms with Gasteiger partial charge in [0.25, 0.3) is 0 Å². The number of furan rings is 1. The highest BCUT2D eigenvalue weighted by molar-refractivity contribution is 6.19. The van der Waals surface area contributed by atoms with Crippen LogP contribution in [-0.2, 0) is 5.41 Å². The summed E-state index contributed by atoms with van der Waals surface area (Å²) in [5.41, 5.74) is 4.21. The Kier molecular flexibility index (Phi) is 3.91. The van der Waals surface area contributed by atoms with E-state index >= 15 is 4.39 Å². The molecule has 3 heterocycles. The summed E-state index contributed by atoms with van der Waals surface area (Å²) in [5.74, 6) is -0.320. The Labute approximate surface area is 184 Å². The summed E-state index contributed by atoms with van der Waals surface area (Å²) in [5, 5.41) is 4.90. The van der Waals surface area contributed by atoms with E-state index in [1.165, 1.54) is 11.5 Å². The van der Waals surface area contributed by atoms with Gasteiger partial charge in [-0.3, -0.25) is 0 Å². The Morgan fingerprint density at radius 1 is 0.812 bits per heavy atom. The molecule has 0 saturated carbocycles. The molecule has 156 valence electrons. The molecule has 0 amide bonds. The first-order chi connectivity index (χ1) is 15.4. The minimum atomic E-state index is -0.320. The average molecular weight is 420 g/mol. The average Bonchev–Trinajstić information content (AvgIpc) is 3.16. The van der Waals surface area contributed by atoms with E-state index < -0.39 is 0 Å². The highest BCUT2D eigenvalue weighted by atomic mass is 19.1. The van der Waals surface area contributed by atoms with Crippen molar-refractivity contribution in [3.63, 3.8) is 0 Å². The maximum atomic E-state index is 15.1. The van der Waals surface area contributed by atoms with Crippen molar-refractivity contribution < 1.29 is 8.81 Å². The molecule has 32 heavy (non-hydrogen) atoms. The van der Waals surface area contributed by atoms with Gasteiger partial charge in [-0.05, 0) is 46.0 Å². The minimum Gasteiger partial charge on any atom is -0.456 e. The zero-order chi connectivity index (χ0) is 22.0. The Hall–Kier alpha value is -3.79. The molecule has 0 N–H and O–H groups in total. The molecule has 6 rings (SSSR count). The predicted molar refractivity (Wildman–Crippen MR) is 128 cm³/mol. The van der Waals surface area contributed by atoms with Crippen LogP contribution in [-0.4, -0.2) is 9.97 Å². The number of aromatic nitrogens is 2. The van der Waals surface area contributed by atoms with Crippen molar-refractivity contribution in [2.45, 2.75) is 26.2 Å². The molecule has 6 aromatic rings. The van der Waals surface area contributed by atoms with Gasteiger partial charge < -0.3 is 4.42 Å². The maximum Gasteiger partial charge on any atom is 0.162 e. The van der Waals surface area contributed by atoms with Gasteiger partial charge in [0.05, 0.1) is 11.1 Å². The van der Waals surface area contributed by atoms with Crippen LogP contribution in [0.3, 0.4) is 0 Å². The lowest BCUT2D eigenvalue weighted by atomic mass is 9.88. The molecule has 0 aliphatic heterocycles. The second kappa shape index (κ2) is 6.60. The Morgan fingerprint density at radius 2 is 1.66 bits per heavy atom. The fourth-order valence-corrected chi connectivity index (χ4v) is 4.33. The van der Waals surface area contributed by atoms with Crippen molar-refractivity contribution >= 4 is 43.7 Å². The van der Waals surface area contributed by atoms with Crippen molar-refractivity contribution in [1.29, 1.82) is 0 Å². The van der Waals surface area contributed by atoms with Gasteiger partial charge in [0, 0.05) is 28.6 Å². The first-order valence-electron chi connectivity index (χ1n) is 10.7. The molecule has 3 nitrogen and oxygen atoms in total. The van der Waals surface area contributed by atoms with E-state index in [0.717, 1.165) is 38.5 Å². The smallest absolute Gasteiger partial charge is 0.162 e. The van der Waals surface area contributed by atoms with Gasteiger partial charge in [-0.15, -0.1) is 0 Å². The number of rotatable bonds is 1. The molecule has 0 spiro atoms. The van der Waals surface area contributed by atoms with Gasteiger partial charge in [-0.1, -0.05) is 57.2 Å². The van der Waals surface area contributed by atoms with Crippen LogP contribution >= 0.6 is 0 Å². The lowest BCUT2D eigenvalue weighted by Gasteiger charge is -2.18. The van der Waals surface area contributed by atoms with Gasteiger partial charge in [0.15, 0.2) is 5.65 Å². The zero-order valence-corrected chi connectivity index (χ0v) is 18.1. The van der Waals surface area contributed by atoms with Crippen molar-refractivity contribution in [2.24, 2.45) is 0 Å². The van der Waals surface area contributed by atoms with Gasteiger partial charge in [0.1, 0.15) is 17.0 Å². The third-order valence-corrected chi connectivity index (χ3v) is 6.14. The van der Waals surface area contributed by atoms with Crippen molar-refractivity contribution in [3.8, 4) is 11.3 Å². The maximum absolute atomic E-state index is 15.1. The molecule has 0 unspecified atom stereocenters. The molecule has 0 radical (unpaired) electrons. The zero-order valence-electron chi connectivity index (χ0n) is 18.1. The van der Waals surface area contributed by atoms with Crippen LogP contribution in [0.5, 0.6) is 0 Å². The van der Waals surface area contributed by atoms with E-state index in [-0.39, 0.29) is 11.2 Å². The van der Waals surface area contributed by atoms with Crippen molar-refractivity contribution in [2.75, 3.05) is 0 Å². The van der Waals surface area contributed by atoms with E-state index in [1.54, 1.807) is 6.20 Å². The molecule has 0 atom stereocenters. The summed E-state index contributed by atoms with van der Waals surface area (Å²) in [6.07, 6.45) is 1.78. The molecule has 0 aliphatic rings. The monoisotopic (exact) mass is 420 g/mol. The predicted octanol–water partition coefficient (Wildman–Crippen LogP) is 7.79. The fraction of sp³-hybridized carbons (Fsp3) is 0.143. The fourth-order valence-electron chi connectivity index (χ4n) is 4.33. The largest absolute Gasteiger partial charge is 0.456 e. The molecular weight excluding hydrogens is 399 g/mol. The van der Waals surface area contributed by atoms with Crippen LogP contribution in [0.25, 0.3) is 55.0 Å². The highest BCUT2D eigenvalue weighted by Crippen LogP contribution is 2.36. The van der Waals surface area contributed by atoms with Crippen molar-refractivity contribution in [1.82, 2.24) is 9.97 Å². The standard InChI is InChI=1S/C28H21FN2O/c1-28(2,3)18-13-21-22(29)14-23(31-27(21)30-15-18)17-8-10-20-25(12-17)32-24-11-9-16-6-4-5-7-19(16)26(20)24/h4-15H,1-3H3. The molecule has 0 aliphatic carbocycles. The van der Waals surface area contributed by atoms with E-state index in [9.17, 15) is 0 Å². The molecular formula is C28H21FN2O. The Morgan fingerprint density at radius 3 is 2.50 bits per heavy atom. The summed E-state index contributed by atoms with van der Waals surface area (Å²) in [6, 6.07) is 21.6. The van der Waals surface area contributed by atoms with Crippen LogP contribution in [0.1, 0.15) is 26.3 Å². The number of benzene rings is 3. The van der Waals surface area contributed by atoms with Crippen LogP contribution in [0.2, 0.25) is 0 Å². The molecule has 3 aromatic heterocycles. The highest BCUT2D eigenvalue weighted by Gasteiger charge is 2.18. The summed E-state index contributed by atoms with van der Waals surface area (Å²) < 4.78 is 21.2. The van der Waals surface area contributed by atoms with E-state index in [1.807, 2.05) is 42.5 Å². The number of pyridine rings is 2. The number of fused-ring (bicyclic) bond motifs is 6. The Balaban J connectivity index is 1.53. The van der Waals surface area contributed by atoms with Gasteiger partial charge >= 0.3 is 0 Å². The third kappa shape index (κ3) is 2.87. The van der Waals surface area contributed by atoms with E-state index in [0.29, 0.717) is 16.7 Å². The molecule has 0 fully saturated rings. The third-order valence-electron chi connectivity index (χ3n) is 6.14. The van der Waals surface area contributed by atoms with Gasteiger partial charge in [-0.25, -0.2) is 14.4 Å². The van der Waals surface area contributed by atoms with E-state index in [4.69, 9.17) is 4.42 Å². The topological polar surface area (TPSA) is 38.9 Å². The molecule has 0 bridgehead atoms. The molecule has 3 aromatic carbocycles. The van der Waals surface area contributed by atoms with Crippen LogP contribution in [0.4, 0.5) is 4.39 Å². The Bertz CT molecular complexity index is 1670. The number of nitrogens with zero attached hydrogens (tertiary/aromatic N) is 2. The summed E-state index contributed by atoms with van der Waals surface area (Å²) in [4.78, 5) is 9.10. The van der Waals surface area contributed by atoms with Crippen LogP contribution in [0, 0.1) is 5.82 Å². The quantitative estimate of drug-likeness (QED) is 0.272. The lowest BCUT2D eigenvalue weighted by Crippen LogP contribution is -2.11. The number of halogens is 1. The first-order valence-corrected chi connectivity index (χ1v) is 10.7. The molecule has 0 saturated heterocycles. The number of hydrogen-bond acceptors (Lipinski definition) is 3. The number of hydrogen-bond donors (Lipinski definition) is 0. The van der Waals surface area contributed by atoms with Gasteiger partial charge in [-0.2, -0.15) is 0 Å². The van der Waals surface area contributed by atoms with E-state index in [2.05, 4.69) is 48.9 Å². The second-order valence-electron chi connectivity index (χ2n) is 9.31. The lowest BCUT2D eigenvalue weighted by molar-refractivity contribution is 0.587. The molecule has 4 heteroatoms. The van der Waals surface area contributed by atoms with Crippen molar-refractivity contribution in [3.05, 3.63) is 84.3 Å². The van der Waals surface area contributed by atoms with Gasteiger partial charge in [0.2, 0.25) is 0 Å². The second-order valence-corrected chi connectivity index (χ2v) is 9.31. The first kappa shape index (κ1) is 18.9.